The summed E-state index contributed by atoms with van der Waals surface area (Å²) in [5.74, 6) is -0.0861. The average molecular weight is 495 g/mol. The van der Waals surface area contributed by atoms with Gasteiger partial charge in [-0.1, -0.05) is 54.6 Å². The minimum absolute atomic E-state index is 0.0861. The Hall–Kier alpha value is -3.74. The number of fused-ring (bicyclic) bond motifs is 1. The van der Waals surface area contributed by atoms with Crippen LogP contribution in [0.2, 0.25) is 0 Å². The third kappa shape index (κ3) is 6.34. The van der Waals surface area contributed by atoms with Crippen molar-refractivity contribution < 1.29 is 9.90 Å². The Balaban J connectivity index is 1.13. The fourth-order valence-corrected chi connectivity index (χ4v) is 5.08. The molecule has 3 N–H and O–H groups in total. The van der Waals surface area contributed by atoms with Crippen molar-refractivity contribution in [1.29, 1.82) is 0 Å². The van der Waals surface area contributed by atoms with Crippen LogP contribution in [0.1, 0.15) is 34.5 Å². The monoisotopic (exact) mass is 494 g/mol. The van der Waals surface area contributed by atoms with Crippen LogP contribution in [-0.4, -0.2) is 52.7 Å². The van der Waals surface area contributed by atoms with Crippen molar-refractivity contribution in [2.75, 3.05) is 31.5 Å². The highest BCUT2D eigenvalue weighted by molar-refractivity contribution is 5.96. The van der Waals surface area contributed by atoms with Gasteiger partial charge >= 0.3 is 0 Å². The van der Waals surface area contributed by atoms with E-state index in [-0.39, 0.29) is 5.91 Å². The van der Waals surface area contributed by atoms with Gasteiger partial charge in [-0.15, -0.1) is 0 Å². The molecule has 37 heavy (non-hydrogen) atoms. The van der Waals surface area contributed by atoms with Crippen molar-refractivity contribution in [3.63, 3.8) is 0 Å². The minimum atomic E-state index is -0.646. The highest BCUT2D eigenvalue weighted by atomic mass is 16.3. The number of para-hydroxylation sites is 1. The van der Waals surface area contributed by atoms with Crippen LogP contribution in [0.15, 0.2) is 84.9 Å². The fraction of sp³-hybridized carbons (Fsp3) is 0.290. The van der Waals surface area contributed by atoms with Gasteiger partial charge in [0.25, 0.3) is 5.91 Å². The van der Waals surface area contributed by atoms with Crippen molar-refractivity contribution >= 4 is 28.2 Å². The maximum Gasteiger partial charge on any atom is 0.251 e. The number of piperidine rings is 1. The van der Waals surface area contributed by atoms with Gasteiger partial charge in [-0.05, 0) is 55.7 Å². The summed E-state index contributed by atoms with van der Waals surface area (Å²) < 4.78 is 0. The lowest BCUT2D eigenvalue weighted by Gasteiger charge is -2.38. The van der Waals surface area contributed by atoms with Crippen molar-refractivity contribution in [3.05, 3.63) is 102 Å². The van der Waals surface area contributed by atoms with Crippen LogP contribution >= 0.6 is 0 Å². The number of aliphatic hydroxyl groups is 1. The number of hydrogen-bond acceptors (Lipinski definition) is 5. The largest absolute Gasteiger partial charge is 0.389 e. The smallest absolute Gasteiger partial charge is 0.251 e. The summed E-state index contributed by atoms with van der Waals surface area (Å²) in [4.78, 5) is 19.8. The zero-order valence-corrected chi connectivity index (χ0v) is 21.3. The van der Waals surface area contributed by atoms with Crippen molar-refractivity contribution in [2.24, 2.45) is 0 Å². The lowest BCUT2D eigenvalue weighted by atomic mass is 9.85. The SMILES string of the molecule is Cc1cc(Nc2cccc(C(=O)NCCN3CCC(O)(Cc4ccccc4)CC3)c2)c2ccccc2n1. The molecule has 0 bridgehead atoms. The highest BCUT2D eigenvalue weighted by Gasteiger charge is 2.32. The maximum atomic E-state index is 12.9. The van der Waals surface area contributed by atoms with Crippen LogP contribution in [-0.2, 0) is 6.42 Å². The minimum Gasteiger partial charge on any atom is -0.389 e. The molecule has 5 rings (SSSR count). The van der Waals surface area contributed by atoms with Gasteiger partial charge < -0.3 is 20.6 Å². The topological polar surface area (TPSA) is 77.5 Å². The molecule has 0 saturated carbocycles. The van der Waals surface area contributed by atoms with Gasteiger partial charge in [0.15, 0.2) is 0 Å². The van der Waals surface area contributed by atoms with Crippen LogP contribution in [0.4, 0.5) is 11.4 Å². The molecule has 0 atom stereocenters. The van der Waals surface area contributed by atoms with Crippen LogP contribution in [0.5, 0.6) is 0 Å². The quantitative estimate of drug-likeness (QED) is 0.318. The second-order valence-corrected chi connectivity index (χ2v) is 10.0. The Morgan fingerprint density at radius 2 is 1.73 bits per heavy atom. The van der Waals surface area contributed by atoms with Gasteiger partial charge in [0.2, 0.25) is 0 Å². The van der Waals surface area contributed by atoms with E-state index in [4.69, 9.17) is 0 Å². The summed E-state index contributed by atoms with van der Waals surface area (Å²) in [6.07, 6.45) is 2.18. The van der Waals surface area contributed by atoms with E-state index in [2.05, 4.69) is 32.7 Å². The third-order valence-electron chi connectivity index (χ3n) is 7.12. The maximum absolute atomic E-state index is 12.9. The molecule has 6 nitrogen and oxygen atoms in total. The number of carbonyl (C=O) groups is 1. The summed E-state index contributed by atoms with van der Waals surface area (Å²) in [6.45, 7) is 4.98. The summed E-state index contributed by atoms with van der Waals surface area (Å²) in [7, 11) is 0. The number of aromatic nitrogens is 1. The van der Waals surface area contributed by atoms with E-state index in [0.717, 1.165) is 60.4 Å². The lowest BCUT2D eigenvalue weighted by Crippen LogP contribution is -2.47. The molecule has 1 saturated heterocycles. The van der Waals surface area contributed by atoms with Gasteiger partial charge in [0.1, 0.15) is 0 Å². The van der Waals surface area contributed by atoms with Gasteiger partial charge in [-0.2, -0.15) is 0 Å². The molecule has 3 aromatic carbocycles. The first-order chi connectivity index (χ1) is 18.0. The van der Waals surface area contributed by atoms with E-state index in [9.17, 15) is 9.90 Å². The molecule has 1 amide bonds. The molecule has 6 heteroatoms. The van der Waals surface area contributed by atoms with Gasteiger partial charge in [-0.3, -0.25) is 9.78 Å². The number of pyridine rings is 1. The molecule has 1 aromatic heterocycles. The molecular weight excluding hydrogens is 460 g/mol. The Kier molecular flexibility index (Phi) is 7.49. The van der Waals surface area contributed by atoms with Crippen molar-refractivity contribution in [3.8, 4) is 0 Å². The Labute approximate surface area is 218 Å². The first-order valence-electron chi connectivity index (χ1n) is 13.0. The molecule has 2 heterocycles. The van der Waals surface area contributed by atoms with Crippen LogP contribution in [0, 0.1) is 6.92 Å². The number of aryl methyl sites for hydroxylation is 1. The average Bonchev–Trinajstić information content (AvgIpc) is 2.90. The van der Waals surface area contributed by atoms with Crippen molar-refractivity contribution in [2.45, 2.75) is 31.8 Å². The normalized spacial score (nSPS) is 15.4. The number of benzene rings is 3. The summed E-state index contributed by atoms with van der Waals surface area (Å²) in [5.41, 5.74) is 4.86. The molecule has 0 radical (unpaired) electrons. The predicted molar refractivity (Wildman–Crippen MR) is 149 cm³/mol. The first kappa shape index (κ1) is 24.9. The van der Waals surface area contributed by atoms with Gasteiger partial charge in [0.05, 0.1) is 11.1 Å². The third-order valence-corrected chi connectivity index (χ3v) is 7.12. The number of anilines is 2. The van der Waals surface area contributed by atoms with Crippen LogP contribution in [0.25, 0.3) is 10.9 Å². The number of nitrogens with zero attached hydrogens (tertiary/aromatic N) is 2. The molecule has 1 fully saturated rings. The number of hydrogen-bond donors (Lipinski definition) is 3. The van der Waals surface area contributed by atoms with E-state index in [0.29, 0.717) is 18.5 Å². The number of nitrogens with one attached hydrogen (secondary N) is 2. The Bertz CT molecular complexity index is 1360. The number of likely N-dealkylation sites (tertiary alicyclic amines) is 1. The predicted octanol–water partition coefficient (Wildman–Crippen LogP) is 5.09. The van der Waals surface area contributed by atoms with Gasteiger partial charge in [-0.25, -0.2) is 0 Å². The summed E-state index contributed by atoms with van der Waals surface area (Å²) in [6, 6.07) is 27.8. The van der Waals surface area contributed by atoms with Crippen LogP contribution in [0.3, 0.4) is 0 Å². The Morgan fingerprint density at radius 3 is 2.54 bits per heavy atom. The standard InChI is InChI=1S/C31H34N4O2/c1-23-20-29(27-12-5-6-13-28(27)33-23)34-26-11-7-10-25(21-26)30(36)32-16-19-35-17-14-31(37,15-18-35)22-24-8-3-2-4-9-24/h2-13,20-21,37H,14-19,22H2,1H3,(H,32,36)(H,33,34). The highest BCUT2D eigenvalue weighted by Crippen LogP contribution is 2.27. The van der Waals surface area contributed by atoms with E-state index >= 15 is 0 Å². The van der Waals surface area contributed by atoms with E-state index in [1.807, 2.05) is 79.7 Å². The number of rotatable bonds is 8. The summed E-state index contributed by atoms with van der Waals surface area (Å²) in [5, 5.41) is 18.6. The fourth-order valence-electron chi connectivity index (χ4n) is 5.08. The molecular formula is C31H34N4O2. The van der Waals surface area contributed by atoms with Crippen LogP contribution < -0.4 is 10.6 Å². The second kappa shape index (κ2) is 11.1. The van der Waals surface area contributed by atoms with Crippen molar-refractivity contribution in [1.82, 2.24) is 15.2 Å². The molecule has 0 spiro atoms. The lowest BCUT2D eigenvalue weighted by molar-refractivity contribution is -0.0202. The van der Waals surface area contributed by atoms with Gasteiger partial charge in [0, 0.05) is 60.6 Å². The van der Waals surface area contributed by atoms with E-state index in [1.54, 1.807) is 0 Å². The molecule has 1 aliphatic heterocycles. The van der Waals surface area contributed by atoms with E-state index < -0.39 is 5.60 Å². The number of carbonyl (C=O) groups excluding carboxylic acids is 1. The second-order valence-electron chi connectivity index (χ2n) is 10.0. The number of amides is 1. The molecule has 190 valence electrons. The molecule has 1 aliphatic rings. The zero-order chi connectivity index (χ0) is 25.7. The Morgan fingerprint density at radius 1 is 0.973 bits per heavy atom. The summed E-state index contributed by atoms with van der Waals surface area (Å²) >= 11 is 0. The zero-order valence-electron chi connectivity index (χ0n) is 21.3. The molecule has 0 aliphatic carbocycles. The van der Waals surface area contributed by atoms with E-state index in [1.165, 1.54) is 5.56 Å². The first-order valence-corrected chi connectivity index (χ1v) is 13.0. The molecule has 4 aromatic rings. The molecule has 0 unspecified atom stereocenters.